The van der Waals surface area contributed by atoms with Gasteiger partial charge in [-0.2, -0.15) is 0 Å². The highest BCUT2D eigenvalue weighted by atomic mass is 32.1. The number of amides is 3. The van der Waals surface area contributed by atoms with Crippen LogP contribution in [0.1, 0.15) is 36.1 Å². The number of aryl methyl sites for hydroxylation is 1. The molecule has 0 atom stereocenters. The van der Waals surface area contributed by atoms with Gasteiger partial charge in [-0.1, -0.05) is 18.2 Å². The lowest BCUT2D eigenvalue weighted by Crippen LogP contribution is -2.29. The van der Waals surface area contributed by atoms with Crippen molar-refractivity contribution in [1.82, 2.24) is 4.98 Å². The first kappa shape index (κ1) is 18.2. The van der Waals surface area contributed by atoms with E-state index in [0.717, 1.165) is 20.1 Å². The van der Waals surface area contributed by atoms with Gasteiger partial charge in [0, 0.05) is 11.3 Å². The van der Waals surface area contributed by atoms with Crippen molar-refractivity contribution < 1.29 is 14.4 Å². The Kier molecular flexibility index (Phi) is 4.18. The minimum atomic E-state index is -0.390. The molecule has 5 rings (SSSR count). The van der Waals surface area contributed by atoms with Crippen LogP contribution in [0.15, 0.2) is 66.7 Å². The number of benzene rings is 3. The maximum Gasteiger partial charge on any atom is 0.266 e. The quantitative estimate of drug-likeness (QED) is 0.496. The number of hydrogen-bond acceptors (Lipinski definition) is 5. The molecule has 0 fully saturated rings. The summed E-state index contributed by atoms with van der Waals surface area (Å²) >= 11 is 1.56. The van der Waals surface area contributed by atoms with E-state index in [-0.39, 0.29) is 17.7 Å². The predicted molar refractivity (Wildman–Crippen MR) is 116 cm³/mol. The standard InChI is InChI=1S/C23H15N3O3S/c1-13-24-19-10-9-15(12-20(19)30-13)25-21(27)14-5-4-6-16(11-14)26-22(28)17-7-2-3-8-18(17)23(26)29/h2-12H,1H3,(H,25,27). The van der Waals surface area contributed by atoms with Gasteiger partial charge in [-0.25, -0.2) is 9.88 Å². The van der Waals surface area contributed by atoms with Gasteiger partial charge in [-0.15, -0.1) is 11.3 Å². The summed E-state index contributed by atoms with van der Waals surface area (Å²) in [6.45, 7) is 1.94. The summed E-state index contributed by atoms with van der Waals surface area (Å²) in [6.07, 6.45) is 0. The third-order valence-corrected chi connectivity index (χ3v) is 5.85. The molecule has 0 spiro atoms. The Morgan fingerprint density at radius 3 is 2.40 bits per heavy atom. The largest absolute Gasteiger partial charge is 0.322 e. The fraction of sp³-hybridized carbons (Fsp3) is 0.0435. The van der Waals surface area contributed by atoms with Crippen LogP contribution in [-0.2, 0) is 0 Å². The number of rotatable bonds is 3. The third-order valence-electron chi connectivity index (χ3n) is 4.91. The number of aromatic nitrogens is 1. The van der Waals surface area contributed by atoms with Crippen LogP contribution in [0, 0.1) is 6.92 Å². The van der Waals surface area contributed by atoms with E-state index in [2.05, 4.69) is 10.3 Å². The highest BCUT2D eigenvalue weighted by Gasteiger charge is 2.36. The van der Waals surface area contributed by atoms with E-state index in [9.17, 15) is 14.4 Å². The first-order chi connectivity index (χ1) is 14.5. The van der Waals surface area contributed by atoms with Gasteiger partial charge in [-0.3, -0.25) is 14.4 Å². The van der Waals surface area contributed by atoms with E-state index in [1.807, 2.05) is 19.1 Å². The number of nitrogens with one attached hydrogen (secondary N) is 1. The Bertz CT molecular complexity index is 1320. The summed E-state index contributed by atoms with van der Waals surface area (Å²) in [7, 11) is 0. The van der Waals surface area contributed by atoms with Gasteiger partial charge in [0.25, 0.3) is 17.7 Å². The number of imide groups is 1. The van der Waals surface area contributed by atoms with E-state index in [4.69, 9.17) is 0 Å². The Hall–Kier alpha value is -3.84. The van der Waals surface area contributed by atoms with Gasteiger partial charge >= 0.3 is 0 Å². The molecule has 1 N–H and O–H groups in total. The van der Waals surface area contributed by atoms with E-state index < -0.39 is 0 Å². The summed E-state index contributed by atoms with van der Waals surface area (Å²) in [5, 5.41) is 3.83. The molecule has 1 aliphatic rings. The van der Waals surface area contributed by atoms with Crippen LogP contribution in [0.5, 0.6) is 0 Å². The fourth-order valence-corrected chi connectivity index (χ4v) is 4.40. The van der Waals surface area contributed by atoms with Gasteiger partial charge in [-0.05, 0) is 55.5 Å². The lowest BCUT2D eigenvalue weighted by atomic mass is 10.1. The molecule has 0 bridgehead atoms. The van der Waals surface area contributed by atoms with Crippen LogP contribution in [0.25, 0.3) is 10.2 Å². The molecule has 2 heterocycles. The number of anilines is 2. The number of carbonyl (C=O) groups excluding carboxylic acids is 3. The summed E-state index contributed by atoms with van der Waals surface area (Å²) < 4.78 is 0.991. The summed E-state index contributed by atoms with van der Waals surface area (Å²) in [5.74, 6) is -1.10. The lowest BCUT2D eigenvalue weighted by Gasteiger charge is -2.15. The minimum absolute atomic E-state index is 0.325. The summed E-state index contributed by atoms with van der Waals surface area (Å²) in [5.41, 5.74) is 2.99. The molecule has 146 valence electrons. The van der Waals surface area contributed by atoms with Gasteiger partial charge < -0.3 is 5.32 Å². The zero-order valence-electron chi connectivity index (χ0n) is 15.9. The molecule has 0 saturated carbocycles. The van der Waals surface area contributed by atoms with Crippen LogP contribution in [0.3, 0.4) is 0 Å². The first-order valence-corrected chi connectivity index (χ1v) is 10.1. The van der Waals surface area contributed by atoms with E-state index >= 15 is 0 Å². The topological polar surface area (TPSA) is 79.4 Å². The third kappa shape index (κ3) is 2.96. The highest BCUT2D eigenvalue weighted by molar-refractivity contribution is 7.18. The number of hydrogen-bond donors (Lipinski definition) is 1. The highest BCUT2D eigenvalue weighted by Crippen LogP contribution is 2.29. The number of fused-ring (bicyclic) bond motifs is 2. The second-order valence-electron chi connectivity index (χ2n) is 6.91. The Balaban J connectivity index is 1.42. The number of thiazole rings is 1. The molecule has 4 aromatic rings. The van der Waals surface area contributed by atoms with Crippen LogP contribution >= 0.6 is 11.3 Å². The van der Waals surface area contributed by atoms with Crippen molar-refractivity contribution >= 4 is 50.6 Å². The maximum absolute atomic E-state index is 12.8. The van der Waals surface area contributed by atoms with Crippen molar-refractivity contribution in [3.05, 3.63) is 88.4 Å². The second-order valence-corrected chi connectivity index (χ2v) is 8.15. The summed E-state index contributed by atoms with van der Waals surface area (Å²) in [4.78, 5) is 43.7. The first-order valence-electron chi connectivity index (χ1n) is 9.28. The van der Waals surface area contributed by atoms with Crippen LogP contribution in [-0.4, -0.2) is 22.7 Å². The smallest absolute Gasteiger partial charge is 0.266 e. The zero-order valence-corrected chi connectivity index (χ0v) is 16.7. The molecule has 1 aromatic heterocycles. The van der Waals surface area contributed by atoms with Crippen LogP contribution in [0.4, 0.5) is 11.4 Å². The maximum atomic E-state index is 12.8. The van der Waals surface area contributed by atoms with Crippen molar-refractivity contribution in [2.24, 2.45) is 0 Å². The minimum Gasteiger partial charge on any atom is -0.322 e. The summed E-state index contributed by atoms with van der Waals surface area (Å²) in [6, 6.07) is 18.7. The van der Waals surface area contributed by atoms with E-state index in [0.29, 0.717) is 28.1 Å². The molecule has 3 aromatic carbocycles. The molecular formula is C23H15N3O3S. The molecule has 30 heavy (non-hydrogen) atoms. The number of nitrogens with zero attached hydrogens (tertiary/aromatic N) is 2. The Labute approximate surface area is 175 Å². The lowest BCUT2D eigenvalue weighted by molar-refractivity contribution is 0.0924. The van der Waals surface area contributed by atoms with Crippen molar-refractivity contribution in [3.8, 4) is 0 Å². The van der Waals surface area contributed by atoms with Crippen molar-refractivity contribution in [2.75, 3.05) is 10.2 Å². The molecule has 1 aliphatic heterocycles. The van der Waals surface area contributed by atoms with Gasteiger partial charge in [0.05, 0.1) is 32.0 Å². The van der Waals surface area contributed by atoms with Gasteiger partial charge in [0.1, 0.15) is 0 Å². The Morgan fingerprint density at radius 1 is 0.933 bits per heavy atom. The average Bonchev–Trinajstić information content (AvgIpc) is 3.24. The molecule has 6 nitrogen and oxygen atoms in total. The number of carbonyl (C=O) groups is 3. The van der Waals surface area contributed by atoms with Crippen molar-refractivity contribution in [3.63, 3.8) is 0 Å². The molecular weight excluding hydrogens is 398 g/mol. The van der Waals surface area contributed by atoms with Gasteiger partial charge in [0.2, 0.25) is 0 Å². The van der Waals surface area contributed by atoms with Crippen molar-refractivity contribution in [2.45, 2.75) is 6.92 Å². The molecule has 0 aliphatic carbocycles. The monoisotopic (exact) mass is 413 g/mol. The SMILES string of the molecule is Cc1nc2ccc(NC(=O)c3cccc(N4C(=O)c5ccccc5C4=O)c3)cc2s1. The fourth-order valence-electron chi connectivity index (χ4n) is 3.53. The van der Waals surface area contributed by atoms with Gasteiger partial charge in [0.15, 0.2) is 0 Å². The predicted octanol–water partition coefficient (Wildman–Crippen LogP) is 4.66. The Morgan fingerprint density at radius 2 is 1.67 bits per heavy atom. The van der Waals surface area contributed by atoms with E-state index in [1.54, 1.807) is 65.9 Å². The molecule has 7 heteroatoms. The molecule has 3 amide bonds. The van der Waals surface area contributed by atoms with Crippen molar-refractivity contribution in [1.29, 1.82) is 0 Å². The zero-order chi connectivity index (χ0) is 20.8. The second kappa shape index (κ2) is 6.89. The van der Waals surface area contributed by atoms with E-state index in [1.165, 1.54) is 0 Å². The molecule has 0 unspecified atom stereocenters. The average molecular weight is 413 g/mol. The van der Waals surface area contributed by atoms with Crippen LogP contribution < -0.4 is 10.2 Å². The van der Waals surface area contributed by atoms with Crippen LogP contribution in [0.2, 0.25) is 0 Å². The molecule has 0 radical (unpaired) electrons. The molecule has 0 saturated heterocycles. The normalized spacial score (nSPS) is 13.0.